The number of hydrogen-bond donors (Lipinski definition) is 2. The van der Waals surface area contributed by atoms with Crippen molar-refractivity contribution in [1.82, 2.24) is 10.2 Å². The molecule has 0 saturated carbocycles. The summed E-state index contributed by atoms with van der Waals surface area (Å²) in [5.74, 6) is 0. The van der Waals surface area contributed by atoms with Crippen molar-refractivity contribution in [2.45, 2.75) is 32.2 Å². The lowest BCUT2D eigenvalue weighted by atomic mass is 10.1. The van der Waals surface area contributed by atoms with Crippen molar-refractivity contribution in [3.8, 4) is 0 Å². The van der Waals surface area contributed by atoms with Gasteiger partial charge in [0.25, 0.3) is 0 Å². The van der Waals surface area contributed by atoms with Crippen molar-refractivity contribution in [3.05, 3.63) is 0 Å². The van der Waals surface area contributed by atoms with Crippen LogP contribution in [0.2, 0.25) is 0 Å². The molecule has 0 spiro atoms. The second-order valence-electron chi connectivity index (χ2n) is 3.65. The molecule has 0 amide bonds. The molecular weight excluding hydrogens is 182 g/mol. The van der Waals surface area contributed by atoms with Crippen LogP contribution in [0.5, 0.6) is 0 Å². The van der Waals surface area contributed by atoms with Gasteiger partial charge in [-0.25, -0.2) is 0 Å². The van der Waals surface area contributed by atoms with Gasteiger partial charge in [0.15, 0.2) is 5.11 Å². The van der Waals surface area contributed by atoms with E-state index >= 15 is 0 Å². The Hall–Kier alpha value is -0.350. The highest BCUT2D eigenvalue weighted by atomic mass is 32.1. The van der Waals surface area contributed by atoms with E-state index in [4.69, 9.17) is 18.0 Å². The molecule has 1 aliphatic heterocycles. The van der Waals surface area contributed by atoms with Crippen molar-refractivity contribution < 1.29 is 0 Å². The van der Waals surface area contributed by atoms with E-state index in [0.29, 0.717) is 11.2 Å². The maximum atomic E-state index is 5.44. The van der Waals surface area contributed by atoms with Crippen LogP contribution in [0.3, 0.4) is 0 Å². The van der Waals surface area contributed by atoms with Gasteiger partial charge in [-0.15, -0.1) is 0 Å². The van der Waals surface area contributed by atoms with E-state index in [1.165, 1.54) is 32.4 Å². The first-order valence-electron chi connectivity index (χ1n) is 5.00. The summed E-state index contributed by atoms with van der Waals surface area (Å²) in [6.45, 7) is 5.72. The number of rotatable bonds is 3. The maximum Gasteiger partial charge on any atom is 0.163 e. The molecule has 1 unspecified atom stereocenters. The predicted molar refractivity (Wildman–Crippen MR) is 59.7 cm³/mol. The molecule has 0 bridgehead atoms. The minimum atomic E-state index is 0.434. The molecule has 1 heterocycles. The lowest BCUT2D eigenvalue weighted by molar-refractivity contribution is 0.201. The highest BCUT2D eigenvalue weighted by molar-refractivity contribution is 7.80. The minimum absolute atomic E-state index is 0.434. The SMILES string of the molecule is CCCN1CCCC(NC(N)=S)C1. The topological polar surface area (TPSA) is 41.3 Å². The zero-order valence-corrected chi connectivity index (χ0v) is 9.07. The second kappa shape index (κ2) is 5.40. The Morgan fingerprint density at radius 3 is 3.08 bits per heavy atom. The molecule has 1 fully saturated rings. The van der Waals surface area contributed by atoms with Crippen molar-refractivity contribution in [2.24, 2.45) is 5.73 Å². The summed E-state index contributed by atoms with van der Waals surface area (Å²) in [6.07, 6.45) is 3.66. The van der Waals surface area contributed by atoms with Gasteiger partial charge in [0.2, 0.25) is 0 Å². The van der Waals surface area contributed by atoms with Crippen LogP contribution in [0.1, 0.15) is 26.2 Å². The molecule has 76 valence electrons. The van der Waals surface area contributed by atoms with Crippen molar-refractivity contribution in [1.29, 1.82) is 0 Å². The van der Waals surface area contributed by atoms with Gasteiger partial charge >= 0.3 is 0 Å². The van der Waals surface area contributed by atoms with E-state index in [1.54, 1.807) is 0 Å². The molecule has 0 aliphatic carbocycles. The first kappa shape index (κ1) is 10.7. The van der Waals surface area contributed by atoms with E-state index in [-0.39, 0.29) is 0 Å². The summed E-state index contributed by atoms with van der Waals surface area (Å²) in [4.78, 5) is 2.47. The van der Waals surface area contributed by atoms with Gasteiger partial charge in [-0.2, -0.15) is 0 Å². The maximum absolute atomic E-state index is 5.44. The predicted octanol–water partition coefficient (Wildman–Crippen LogP) is 0.694. The Bertz CT molecular complexity index is 170. The largest absolute Gasteiger partial charge is 0.376 e. The van der Waals surface area contributed by atoms with Crippen LogP contribution >= 0.6 is 12.2 Å². The summed E-state index contributed by atoms with van der Waals surface area (Å²) < 4.78 is 0. The molecular formula is C9H19N3S. The molecule has 3 nitrogen and oxygen atoms in total. The number of nitrogens with one attached hydrogen (secondary N) is 1. The quantitative estimate of drug-likeness (QED) is 0.659. The summed E-state index contributed by atoms with van der Waals surface area (Å²) >= 11 is 4.83. The van der Waals surface area contributed by atoms with E-state index in [0.717, 1.165) is 6.54 Å². The standard InChI is InChI=1S/C9H19N3S/c1-2-5-12-6-3-4-8(7-12)11-9(10)13/h8H,2-7H2,1H3,(H3,10,11,13). The molecule has 1 saturated heterocycles. The van der Waals surface area contributed by atoms with Gasteiger partial charge in [-0.05, 0) is 44.6 Å². The van der Waals surface area contributed by atoms with Crippen molar-refractivity contribution in [2.75, 3.05) is 19.6 Å². The molecule has 1 aliphatic rings. The first-order chi connectivity index (χ1) is 6.22. The summed E-state index contributed by atoms with van der Waals surface area (Å²) in [5, 5.41) is 3.57. The number of piperidine rings is 1. The zero-order chi connectivity index (χ0) is 9.68. The molecule has 3 N–H and O–H groups in total. The number of likely N-dealkylation sites (tertiary alicyclic amines) is 1. The fraction of sp³-hybridized carbons (Fsp3) is 0.889. The van der Waals surface area contributed by atoms with Crippen molar-refractivity contribution >= 4 is 17.3 Å². The fourth-order valence-electron chi connectivity index (χ4n) is 1.89. The Morgan fingerprint density at radius 1 is 1.69 bits per heavy atom. The molecule has 4 heteroatoms. The molecule has 0 radical (unpaired) electrons. The van der Waals surface area contributed by atoms with Gasteiger partial charge in [0.1, 0.15) is 0 Å². The van der Waals surface area contributed by atoms with Crippen LogP contribution in [-0.2, 0) is 0 Å². The summed E-state index contributed by atoms with van der Waals surface area (Å²) in [7, 11) is 0. The smallest absolute Gasteiger partial charge is 0.163 e. The van der Waals surface area contributed by atoms with Gasteiger partial charge < -0.3 is 16.0 Å². The third-order valence-electron chi connectivity index (χ3n) is 2.39. The van der Waals surface area contributed by atoms with Gasteiger partial charge in [-0.3, -0.25) is 0 Å². The van der Waals surface area contributed by atoms with Gasteiger partial charge in [0, 0.05) is 12.6 Å². The molecule has 1 rings (SSSR count). The van der Waals surface area contributed by atoms with Crippen molar-refractivity contribution in [3.63, 3.8) is 0 Å². The van der Waals surface area contributed by atoms with Crippen LogP contribution in [0.4, 0.5) is 0 Å². The summed E-state index contributed by atoms with van der Waals surface area (Å²) in [5.41, 5.74) is 5.44. The number of nitrogens with two attached hydrogens (primary N) is 1. The zero-order valence-electron chi connectivity index (χ0n) is 8.25. The molecule has 13 heavy (non-hydrogen) atoms. The Labute approximate surface area is 85.7 Å². The first-order valence-corrected chi connectivity index (χ1v) is 5.41. The van der Waals surface area contributed by atoms with Crippen LogP contribution in [0.15, 0.2) is 0 Å². The molecule has 1 atom stereocenters. The Morgan fingerprint density at radius 2 is 2.46 bits per heavy atom. The van der Waals surface area contributed by atoms with Crippen LogP contribution in [0, 0.1) is 0 Å². The highest BCUT2D eigenvalue weighted by Gasteiger charge is 2.18. The monoisotopic (exact) mass is 201 g/mol. The molecule has 0 aromatic carbocycles. The number of nitrogens with zero attached hydrogens (tertiary/aromatic N) is 1. The van der Waals surface area contributed by atoms with E-state index < -0.39 is 0 Å². The Balaban J connectivity index is 2.28. The molecule has 0 aromatic heterocycles. The normalized spacial score (nSPS) is 24.2. The van der Waals surface area contributed by atoms with Crippen LogP contribution < -0.4 is 11.1 Å². The van der Waals surface area contributed by atoms with Crippen LogP contribution in [-0.4, -0.2) is 35.7 Å². The van der Waals surface area contributed by atoms with Crippen LogP contribution in [0.25, 0.3) is 0 Å². The third-order valence-corrected chi connectivity index (χ3v) is 2.51. The van der Waals surface area contributed by atoms with Gasteiger partial charge in [-0.1, -0.05) is 6.92 Å². The number of thiocarbonyl (C=S) groups is 1. The second-order valence-corrected chi connectivity index (χ2v) is 4.09. The lowest BCUT2D eigenvalue weighted by Gasteiger charge is -2.32. The number of hydrogen-bond acceptors (Lipinski definition) is 2. The van der Waals surface area contributed by atoms with E-state index in [1.807, 2.05) is 0 Å². The van der Waals surface area contributed by atoms with Gasteiger partial charge in [0.05, 0.1) is 0 Å². The Kier molecular flexibility index (Phi) is 4.45. The fourth-order valence-corrected chi connectivity index (χ4v) is 2.06. The molecule has 0 aromatic rings. The minimum Gasteiger partial charge on any atom is -0.376 e. The summed E-state index contributed by atoms with van der Waals surface area (Å²) in [6, 6.07) is 0.470. The average Bonchev–Trinajstić information content (AvgIpc) is 2.04. The average molecular weight is 201 g/mol. The highest BCUT2D eigenvalue weighted by Crippen LogP contribution is 2.09. The van der Waals surface area contributed by atoms with E-state index in [2.05, 4.69) is 17.1 Å². The van der Waals surface area contributed by atoms with E-state index in [9.17, 15) is 0 Å². The lowest BCUT2D eigenvalue weighted by Crippen LogP contribution is -2.49. The third kappa shape index (κ3) is 3.91.